The Labute approximate surface area is 376 Å². The standard InChI is InChI=1S/C50H53ClFN5O5S/c1-3-12-37-18-11-20-44(57(37)50(60)62-31-33-15-8-5-9-16-33)39-24-23-38(28-45(39)63-2)56-29-36-27-43(53-47(36)55-48(56)58)40-25-34(26-41(51)46(40)52)17-10-19-42(35-21-22-35)54-49(59)61-30-32-13-6-4-7-14-32/h4-9,13-16,23-29,35,37,42,44H,3,10-12,17-22,30-31H2,1-2H3,(H,54,59)(H,53,55,58)/t37-,42?,44+/m1/s1. The minimum Gasteiger partial charge on any atom is -0.445 e. The second kappa shape index (κ2) is 20.3. The number of aromatic nitrogens is 3. The summed E-state index contributed by atoms with van der Waals surface area (Å²) in [6, 6.07) is 30.3. The zero-order valence-corrected chi connectivity index (χ0v) is 37.2. The summed E-state index contributed by atoms with van der Waals surface area (Å²) in [7, 11) is 0. The maximum atomic E-state index is 15.7. The predicted octanol–water partition coefficient (Wildman–Crippen LogP) is 12.0. The van der Waals surface area contributed by atoms with E-state index in [0.717, 1.165) is 84.9 Å². The van der Waals surface area contributed by atoms with Crippen LogP contribution in [0.1, 0.15) is 93.0 Å². The molecule has 63 heavy (non-hydrogen) atoms. The Morgan fingerprint density at radius 3 is 2.37 bits per heavy atom. The third-order valence-corrected chi connectivity index (χ3v) is 13.3. The molecule has 0 radical (unpaired) electrons. The Morgan fingerprint density at radius 2 is 1.67 bits per heavy atom. The lowest BCUT2D eigenvalue weighted by Gasteiger charge is -2.42. The number of rotatable bonds is 16. The minimum atomic E-state index is -0.567. The van der Waals surface area contributed by atoms with Gasteiger partial charge in [0, 0.05) is 34.1 Å². The first-order valence-corrected chi connectivity index (χ1v) is 23.5. The molecule has 2 aromatic heterocycles. The molecule has 1 saturated carbocycles. The number of nitrogens with zero attached hydrogens (tertiary/aromatic N) is 3. The quantitative estimate of drug-likeness (QED) is 0.0929. The number of carbonyl (C=O) groups is 2. The molecule has 4 aromatic carbocycles. The van der Waals surface area contributed by atoms with E-state index < -0.39 is 17.6 Å². The number of benzene rings is 4. The summed E-state index contributed by atoms with van der Waals surface area (Å²) in [5, 5.41) is 3.69. The largest absolute Gasteiger partial charge is 0.445 e. The summed E-state index contributed by atoms with van der Waals surface area (Å²) in [4.78, 5) is 50.5. The molecule has 3 atom stereocenters. The topological polar surface area (TPSA) is 119 Å². The first kappa shape index (κ1) is 44.0. The van der Waals surface area contributed by atoms with E-state index >= 15 is 4.39 Å². The summed E-state index contributed by atoms with van der Waals surface area (Å²) < 4.78 is 28.6. The van der Waals surface area contributed by atoms with E-state index in [1.54, 1.807) is 36.2 Å². The summed E-state index contributed by atoms with van der Waals surface area (Å²) in [5.74, 6) is -0.149. The van der Waals surface area contributed by atoms with E-state index in [0.29, 0.717) is 34.8 Å². The first-order valence-electron chi connectivity index (χ1n) is 21.9. The Morgan fingerprint density at radius 1 is 0.937 bits per heavy atom. The van der Waals surface area contributed by atoms with Gasteiger partial charge in [0.25, 0.3) is 0 Å². The van der Waals surface area contributed by atoms with Gasteiger partial charge in [0.15, 0.2) is 5.82 Å². The number of H-pyrrole nitrogens is 1. The highest BCUT2D eigenvalue weighted by molar-refractivity contribution is 7.98. The van der Waals surface area contributed by atoms with E-state index in [1.807, 2.05) is 90.0 Å². The summed E-state index contributed by atoms with van der Waals surface area (Å²) in [6.45, 7) is 2.55. The highest BCUT2D eigenvalue weighted by Gasteiger charge is 2.37. The maximum absolute atomic E-state index is 15.7. The van der Waals surface area contributed by atoms with Crippen molar-refractivity contribution in [2.75, 3.05) is 6.26 Å². The number of nitrogens with one attached hydrogen (secondary N) is 2. The predicted molar refractivity (Wildman–Crippen MR) is 247 cm³/mol. The highest BCUT2D eigenvalue weighted by Crippen LogP contribution is 2.41. The van der Waals surface area contributed by atoms with Crippen molar-refractivity contribution >= 4 is 46.6 Å². The molecule has 328 valence electrons. The van der Waals surface area contributed by atoms with Crippen molar-refractivity contribution in [3.63, 3.8) is 0 Å². The van der Waals surface area contributed by atoms with Crippen molar-refractivity contribution in [3.8, 4) is 16.9 Å². The van der Waals surface area contributed by atoms with Crippen LogP contribution in [0.25, 0.3) is 28.0 Å². The number of piperidine rings is 1. The number of alkyl carbamates (subject to hydrolysis) is 1. The van der Waals surface area contributed by atoms with E-state index in [-0.39, 0.29) is 48.0 Å². The van der Waals surface area contributed by atoms with Crippen LogP contribution in [-0.2, 0) is 29.1 Å². The third-order valence-electron chi connectivity index (χ3n) is 12.2. The number of thioether (sulfide) groups is 1. The zero-order valence-electron chi connectivity index (χ0n) is 35.7. The van der Waals surface area contributed by atoms with Crippen LogP contribution >= 0.6 is 23.4 Å². The highest BCUT2D eigenvalue weighted by atomic mass is 35.5. The first-order chi connectivity index (χ1) is 30.7. The van der Waals surface area contributed by atoms with Gasteiger partial charge in [-0.05, 0) is 123 Å². The van der Waals surface area contributed by atoms with Gasteiger partial charge in [0.1, 0.15) is 18.9 Å². The van der Waals surface area contributed by atoms with Crippen molar-refractivity contribution in [3.05, 3.63) is 147 Å². The van der Waals surface area contributed by atoms with Crippen LogP contribution in [0.3, 0.4) is 0 Å². The molecule has 6 aromatic rings. The van der Waals surface area contributed by atoms with E-state index in [1.165, 1.54) is 4.57 Å². The van der Waals surface area contributed by atoms with Crippen LogP contribution < -0.4 is 11.0 Å². The number of likely N-dealkylation sites (tertiary alicyclic amines) is 1. The van der Waals surface area contributed by atoms with Crippen LogP contribution in [-0.4, -0.2) is 50.0 Å². The number of fused-ring (bicyclic) bond motifs is 1. The normalized spacial score (nSPS) is 16.8. The van der Waals surface area contributed by atoms with Crippen molar-refractivity contribution in [1.29, 1.82) is 0 Å². The number of carbonyl (C=O) groups excluding carboxylic acids is 2. The average molecular weight is 891 g/mol. The van der Waals surface area contributed by atoms with Crippen molar-refractivity contribution in [2.45, 2.75) is 107 Å². The lowest BCUT2D eigenvalue weighted by Crippen LogP contribution is -2.46. The number of halogens is 2. The number of hydrogen-bond donors (Lipinski definition) is 2. The smallest absolute Gasteiger partial charge is 0.410 e. The second-order valence-electron chi connectivity index (χ2n) is 16.6. The average Bonchev–Trinajstić information content (AvgIpc) is 4.07. The van der Waals surface area contributed by atoms with Gasteiger partial charge in [-0.1, -0.05) is 91.7 Å². The Hall–Kier alpha value is -5.59. The summed E-state index contributed by atoms with van der Waals surface area (Å²) in [5.41, 5.74) is 4.95. The van der Waals surface area contributed by atoms with E-state index in [2.05, 4.69) is 22.2 Å². The van der Waals surface area contributed by atoms with Gasteiger partial charge in [0.05, 0.1) is 22.4 Å². The van der Waals surface area contributed by atoms with Crippen LogP contribution in [0.15, 0.2) is 113 Å². The van der Waals surface area contributed by atoms with Crippen molar-refractivity contribution < 1.29 is 23.5 Å². The molecular weight excluding hydrogens is 837 g/mol. The molecule has 13 heteroatoms. The molecule has 3 heterocycles. The Bertz CT molecular complexity index is 2600. The molecule has 2 fully saturated rings. The molecule has 1 unspecified atom stereocenters. The van der Waals surface area contributed by atoms with Crippen LogP contribution in [0.5, 0.6) is 0 Å². The Kier molecular flexibility index (Phi) is 14.2. The SMILES string of the molecule is CCC[C@@H]1CCC[C@@H](c2ccc(-n3cc4cc(-c5cc(CCCC(NC(=O)OCc6ccccc6)C6CC6)cc(Cl)c5F)[nH]c4nc3=O)cc2SC)N1C(=O)OCc1ccccc1. The lowest BCUT2D eigenvalue weighted by molar-refractivity contribution is 0.0377. The number of aryl methyl sites for hydroxylation is 1. The van der Waals surface area contributed by atoms with Crippen LogP contribution in [0.2, 0.25) is 5.02 Å². The minimum absolute atomic E-state index is 0.00161. The van der Waals surface area contributed by atoms with Gasteiger partial charge in [0.2, 0.25) is 0 Å². The van der Waals surface area contributed by atoms with Gasteiger partial charge in [-0.3, -0.25) is 9.47 Å². The molecule has 1 saturated heterocycles. The number of amides is 2. The number of hydrogen-bond acceptors (Lipinski definition) is 7. The fourth-order valence-corrected chi connectivity index (χ4v) is 9.79. The van der Waals surface area contributed by atoms with Gasteiger partial charge in [-0.15, -0.1) is 11.8 Å². The molecule has 0 bridgehead atoms. The molecule has 1 aliphatic carbocycles. The maximum Gasteiger partial charge on any atom is 0.410 e. The fraction of sp³-hybridized carbons (Fsp3) is 0.360. The monoisotopic (exact) mass is 889 g/mol. The molecular formula is C50H53ClFN5O5S. The fourth-order valence-electron chi connectivity index (χ4n) is 8.87. The molecule has 2 amide bonds. The second-order valence-corrected chi connectivity index (χ2v) is 17.9. The van der Waals surface area contributed by atoms with Gasteiger partial charge < -0.3 is 19.8 Å². The molecule has 2 N–H and O–H groups in total. The van der Waals surface area contributed by atoms with Crippen molar-refractivity contribution in [2.24, 2.45) is 5.92 Å². The van der Waals surface area contributed by atoms with Gasteiger partial charge in [-0.25, -0.2) is 18.8 Å². The summed E-state index contributed by atoms with van der Waals surface area (Å²) >= 11 is 8.05. The zero-order chi connectivity index (χ0) is 43.9. The third kappa shape index (κ3) is 10.6. The van der Waals surface area contributed by atoms with Crippen molar-refractivity contribution in [1.82, 2.24) is 24.8 Å². The van der Waals surface area contributed by atoms with Crippen LogP contribution in [0.4, 0.5) is 14.0 Å². The molecule has 8 rings (SSSR count). The Balaban J connectivity index is 0.979. The lowest BCUT2D eigenvalue weighted by atomic mass is 9.89. The molecule has 2 aliphatic rings. The summed E-state index contributed by atoms with van der Waals surface area (Å²) in [6.07, 6.45) is 11.8. The van der Waals surface area contributed by atoms with Gasteiger partial charge >= 0.3 is 17.9 Å². The van der Waals surface area contributed by atoms with Crippen LogP contribution in [0, 0.1) is 11.7 Å². The molecule has 1 aliphatic heterocycles. The molecule has 0 spiro atoms. The number of ether oxygens (including phenoxy) is 2. The van der Waals surface area contributed by atoms with Gasteiger partial charge in [-0.2, -0.15) is 4.98 Å². The number of aromatic amines is 1. The van der Waals surface area contributed by atoms with E-state index in [4.69, 9.17) is 21.1 Å². The van der Waals surface area contributed by atoms with E-state index in [9.17, 15) is 14.4 Å². The molecule has 10 nitrogen and oxygen atoms in total.